The summed E-state index contributed by atoms with van der Waals surface area (Å²) in [7, 11) is 1.48. The maximum Gasteiger partial charge on any atom is 0.326 e. The standard InChI is InChI=1S/C23H30N2O5/c1-14(21(27)25-23-10-15-7-16(11-23)9-17(8-15)12-23)30-20(26)13-24-22(28)18-5-3-4-6-19(18)29-2/h3-6,14-17H,7-13H2,1-2H3,(H,24,28)(H,25,27)/t14-,15?,16?,17?,23?/m1/s1. The van der Waals surface area contributed by atoms with Gasteiger partial charge in [-0.05, 0) is 75.3 Å². The zero-order valence-corrected chi connectivity index (χ0v) is 17.6. The highest BCUT2D eigenvalue weighted by Gasteiger charge is 2.51. The Morgan fingerprint density at radius 3 is 2.27 bits per heavy atom. The van der Waals surface area contributed by atoms with Gasteiger partial charge in [0.1, 0.15) is 12.3 Å². The van der Waals surface area contributed by atoms with Gasteiger partial charge in [-0.1, -0.05) is 12.1 Å². The average molecular weight is 415 g/mol. The SMILES string of the molecule is COc1ccccc1C(=O)NCC(=O)O[C@H](C)C(=O)NC12CC3CC(CC(C3)C1)C2. The van der Waals surface area contributed by atoms with Gasteiger partial charge in [0, 0.05) is 5.54 Å². The molecule has 1 aromatic carbocycles. The smallest absolute Gasteiger partial charge is 0.326 e. The first kappa shape index (κ1) is 20.7. The van der Waals surface area contributed by atoms with Crippen LogP contribution in [0.5, 0.6) is 5.75 Å². The molecule has 5 rings (SSSR count). The van der Waals surface area contributed by atoms with Crippen molar-refractivity contribution < 1.29 is 23.9 Å². The van der Waals surface area contributed by atoms with Gasteiger partial charge in [0.15, 0.2) is 6.10 Å². The highest BCUT2D eigenvalue weighted by molar-refractivity contribution is 5.98. The van der Waals surface area contributed by atoms with Crippen molar-refractivity contribution in [2.45, 2.75) is 57.1 Å². The number of para-hydroxylation sites is 1. The van der Waals surface area contributed by atoms with E-state index in [4.69, 9.17) is 9.47 Å². The van der Waals surface area contributed by atoms with Gasteiger partial charge in [0.2, 0.25) is 0 Å². The van der Waals surface area contributed by atoms with Crippen LogP contribution in [-0.4, -0.2) is 43.1 Å². The number of carbonyl (C=O) groups excluding carboxylic acids is 3. The van der Waals surface area contributed by atoms with Crippen molar-refractivity contribution in [2.75, 3.05) is 13.7 Å². The van der Waals surface area contributed by atoms with E-state index in [2.05, 4.69) is 10.6 Å². The molecule has 4 aliphatic rings. The van der Waals surface area contributed by atoms with E-state index in [1.165, 1.54) is 26.4 Å². The second kappa shape index (κ2) is 8.28. The summed E-state index contributed by atoms with van der Waals surface area (Å²) in [6.07, 6.45) is 6.12. The summed E-state index contributed by atoms with van der Waals surface area (Å²) in [6, 6.07) is 6.76. The van der Waals surface area contributed by atoms with Gasteiger partial charge in [-0.2, -0.15) is 0 Å². The van der Waals surface area contributed by atoms with Crippen molar-refractivity contribution >= 4 is 17.8 Å². The molecule has 162 valence electrons. The van der Waals surface area contributed by atoms with Crippen LogP contribution in [0.2, 0.25) is 0 Å². The van der Waals surface area contributed by atoms with E-state index in [-0.39, 0.29) is 18.0 Å². The summed E-state index contributed by atoms with van der Waals surface area (Å²) in [5.74, 6) is 1.26. The molecule has 2 amide bonds. The number of hydrogen-bond acceptors (Lipinski definition) is 5. The van der Waals surface area contributed by atoms with E-state index in [1.807, 2.05) is 0 Å². The van der Waals surface area contributed by atoms with Crippen LogP contribution in [0.15, 0.2) is 24.3 Å². The van der Waals surface area contributed by atoms with Gasteiger partial charge >= 0.3 is 5.97 Å². The van der Waals surface area contributed by atoms with E-state index < -0.39 is 18.0 Å². The Balaban J connectivity index is 1.26. The lowest BCUT2D eigenvalue weighted by molar-refractivity contribution is -0.155. The van der Waals surface area contributed by atoms with E-state index >= 15 is 0 Å². The van der Waals surface area contributed by atoms with Gasteiger partial charge < -0.3 is 20.1 Å². The second-order valence-electron chi connectivity index (χ2n) is 9.20. The Bertz CT molecular complexity index is 801. The highest BCUT2D eigenvalue weighted by Crippen LogP contribution is 2.55. The summed E-state index contributed by atoms with van der Waals surface area (Å²) in [5, 5.41) is 5.73. The van der Waals surface area contributed by atoms with Crippen molar-refractivity contribution in [3.05, 3.63) is 29.8 Å². The zero-order valence-electron chi connectivity index (χ0n) is 17.6. The first-order valence-electron chi connectivity index (χ1n) is 10.8. The summed E-state index contributed by atoms with van der Waals surface area (Å²) < 4.78 is 10.4. The molecule has 0 spiro atoms. The lowest BCUT2D eigenvalue weighted by Crippen LogP contribution is -2.61. The van der Waals surface area contributed by atoms with Crippen LogP contribution in [0.1, 0.15) is 55.8 Å². The number of ether oxygens (including phenoxy) is 2. The first-order valence-corrected chi connectivity index (χ1v) is 10.8. The molecule has 0 unspecified atom stereocenters. The molecule has 0 aliphatic heterocycles. The maximum atomic E-state index is 12.7. The Morgan fingerprint density at radius 1 is 1.07 bits per heavy atom. The maximum absolute atomic E-state index is 12.7. The minimum Gasteiger partial charge on any atom is -0.496 e. The largest absolute Gasteiger partial charge is 0.496 e. The summed E-state index contributed by atoms with van der Waals surface area (Å²) in [6.45, 7) is 1.27. The molecule has 4 fully saturated rings. The third-order valence-electron chi connectivity index (χ3n) is 6.85. The molecular formula is C23H30N2O5. The Hall–Kier alpha value is -2.57. The minimum absolute atomic E-state index is 0.120. The minimum atomic E-state index is -0.895. The molecule has 0 radical (unpaired) electrons. The average Bonchev–Trinajstić information content (AvgIpc) is 2.70. The fraction of sp³-hybridized carbons (Fsp3) is 0.609. The molecule has 7 nitrogen and oxygen atoms in total. The van der Waals surface area contributed by atoms with Crippen LogP contribution in [0.25, 0.3) is 0 Å². The number of rotatable bonds is 7. The van der Waals surface area contributed by atoms with E-state index in [1.54, 1.807) is 31.2 Å². The monoisotopic (exact) mass is 414 g/mol. The van der Waals surface area contributed by atoms with Gasteiger partial charge in [-0.15, -0.1) is 0 Å². The third kappa shape index (κ3) is 4.30. The first-order chi connectivity index (χ1) is 14.4. The lowest BCUT2D eigenvalue weighted by Gasteiger charge is -2.57. The Kier molecular flexibility index (Phi) is 5.71. The molecule has 1 aromatic rings. The number of esters is 1. The number of hydrogen-bond donors (Lipinski definition) is 2. The number of methoxy groups -OCH3 is 1. The van der Waals surface area contributed by atoms with Crippen LogP contribution in [0, 0.1) is 17.8 Å². The molecule has 2 N–H and O–H groups in total. The number of nitrogens with one attached hydrogen (secondary N) is 2. The normalized spacial score (nSPS) is 29.7. The van der Waals surface area contributed by atoms with Crippen molar-refractivity contribution in [1.82, 2.24) is 10.6 Å². The molecule has 1 atom stereocenters. The van der Waals surface area contributed by atoms with Crippen molar-refractivity contribution in [3.8, 4) is 5.75 Å². The van der Waals surface area contributed by atoms with Gasteiger partial charge in [0.05, 0.1) is 12.7 Å². The van der Waals surface area contributed by atoms with E-state index in [0.717, 1.165) is 37.0 Å². The zero-order chi connectivity index (χ0) is 21.3. The number of benzene rings is 1. The van der Waals surface area contributed by atoms with Gasteiger partial charge in [-0.25, -0.2) is 0 Å². The van der Waals surface area contributed by atoms with E-state index in [0.29, 0.717) is 11.3 Å². The second-order valence-corrected chi connectivity index (χ2v) is 9.20. The summed E-state index contributed by atoms with van der Waals surface area (Å²) in [4.78, 5) is 37.2. The van der Waals surface area contributed by atoms with Gasteiger partial charge in [-0.3, -0.25) is 14.4 Å². The van der Waals surface area contributed by atoms with Crippen LogP contribution < -0.4 is 15.4 Å². The molecule has 4 saturated carbocycles. The highest BCUT2D eigenvalue weighted by atomic mass is 16.5. The fourth-order valence-corrected chi connectivity index (χ4v) is 6.00. The lowest BCUT2D eigenvalue weighted by atomic mass is 9.53. The van der Waals surface area contributed by atoms with Crippen molar-refractivity contribution in [1.29, 1.82) is 0 Å². The van der Waals surface area contributed by atoms with Crippen molar-refractivity contribution in [3.63, 3.8) is 0 Å². The van der Waals surface area contributed by atoms with Crippen LogP contribution >= 0.6 is 0 Å². The predicted octanol–water partition coefficient (Wildman–Crippen LogP) is 2.44. The Labute approximate surface area is 176 Å². The molecule has 0 saturated heterocycles. The predicted molar refractivity (Wildman–Crippen MR) is 110 cm³/mol. The summed E-state index contributed by atoms with van der Waals surface area (Å²) >= 11 is 0. The fourth-order valence-electron chi connectivity index (χ4n) is 6.00. The number of amides is 2. The molecule has 30 heavy (non-hydrogen) atoms. The van der Waals surface area contributed by atoms with Crippen molar-refractivity contribution in [2.24, 2.45) is 17.8 Å². The molecule has 7 heteroatoms. The molecule has 0 heterocycles. The number of carbonyl (C=O) groups is 3. The quantitative estimate of drug-likeness (QED) is 0.669. The van der Waals surface area contributed by atoms with Crippen LogP contribution in [0.3, 0.4) is 0 Å². The van der Waals surface area contributed by atoms with E-state index in [9.17, 15) is 14.4 Å². The molecule has 0 aromatic heterocycles. The molecule has 4 aliphatic carbocycles. The third-order valence-corrected chi connectivity index (χ3v) is 6.85. The molecule has 4 bridgehead atoms. The van der Waals surface area contributed by atoms with Gasteiger partial charge in [0.25, 0.3) is 11.8 Å². The molecular weight excluding hydrogens is 384 g/mol. The van der Waals surface area contributed by atoms with Crippen LogP contribution in [0.4, 0.5) is 0 Å². The topological polar surface area (TPSA) is 93.7 Å². The van der Waals surface area contributed by atoms with Crippen LogP contribution in [-0.2, 0) is 14.3 Å². The Morgan fingerprint density at radius 2 is 1.67 bits per heavy atom. The summed E-state index contributed by atoms with van der Waals surface area (Å²) in [5.41, 5.74) is 0.213.